The summed E-state index contributed by atoms with van der Waals surface area (Å²) in [5.41, 5.74) is 5.83. The highest BCUT2D eigenvalue weighted by molar-refractivity contribution is 5.96. The summed E-state index contributed by atoms with van der Waals surface area (Å²) in [6.07, 6.45) is 15.4. The van der Waals surface area contributed by atoms with Gasteiger partial charge in [-0.1, -0.05) is 12.8 Å². The molecule has 1 aliphatic carbocycles. The molecular formula is C29H26FN9. The summed E-state index contributed by atoms with van der Waals surface area (Å²) in [6, 6.07) is 7.69. The zero-order valence-corrected chi connectivity index (χ0v) is 21.2. The van der Waals surface area contributed by atoms with Gasteiger partial charge < -0.3 is 10.3 Å². The number of aromatic amines is 2. The topological polar surface area (TPSA) is 121 Å². The Bertz CT molecular complexity index is 1770. The SMILES string of the molecule is Fc1c(-c2cncc(CNCC3CCCC3)c2)cnc2[nH]nc(-c3nc4c(-c5ccncc5)ccnc4[nH]3)c12. The molecular weight excluding hydrogens is 493 g/mol. The number of nitrogens with zero attached hydrogens (tertiary/aromatic N) is 6. The third-order valence-electron chi connectivity index (χ3n) is 7.47. The second-order valence-corrected chi connectivity index (χ2v) is 10.0. The summed E-state index contributed by atoms with van der Waals surface area (Å²) < 4.78 is 16.1. The lowest BCUT2D eigenvalue weighted by molar-refractivity contribution is 0.489. The van der Waals surface area contributed by atoms with Crippen molar-refractivity contribution >= 4 is 22.2 Å². The second-order valence-electron chi connectivity index (χ2n) is 10.0. The molecule has 0 unspecified atom stereocenters. The van der Waals surface area contributed by atoms with Crippen molar-refractivity contribution in [3.63, 3.8) is 0 Å². The molecule has 7 rings (SSSR count). The fourth-order valence-electron chi connectivity index (χ4n) is 5.48. The lowest BCUT2D eigenvalue weighted by atomic mass is 10.0. The monoisotopic (exact) mass is 519 g/mol. The van der Waals surface area contributed by atoms with Gasteiger partial charge in [-0.15, -0.1) is 0 Å². The molecule has 1 saturated carbocycles. The predicted octanol–water partition coefficient (Wildman–Crippen LogP) is 5.44. The molecule has 0 bridgehead atoms. The number of hydrogen-bond donors (Lipinski definition) is 3. The van der Waals surface area contributed by atoms with Crippen LogP contribution in [0.3, 0.4) is 0 Å². The highest BCUT2D eigenvalue weighted by Gasteiger charge is 2.22. The van der Waals surface area contributed by atoms with Crippen LogP contribution in [0.15, 0.2) is 61.4 Å². The van der Waals surface area contributed by atoms with Gasteiger partial charge >= 0.3 is 0 Å². The number of pyridine rings is 4. The Kier molecular flexibility index (Phi) is 6.01. The molecule has 9 nitrogen and oxygen atoms in total. The zero-order chi connectivity index (χ0) is 26.2. The molecule has 0 radical (unpaired) electrons. The molecule has 39 heavy (non-hydrogen) atoms. The molecule has 0 spiro atoms. The van der Waals surface area contributed by atoms with E-state index in [1.54, 1.807) is 24.8 Å². The summed E-state index contributed by atoms with van der Waals surface area (Å²) >= 11 is 0. The van der Waals surface area contributed by atoms with Crippen LogP contribution in [-0.2, 0) is 6.54 Å². The van der Waals surface area contributed by atoms with E-state index in [0.717, 1.165) is 29.2 Å². The first-order valence-corrected chi connectivity index (χ1v) is 13.2. The Morgan fingerprint density at radius 2 is 1.77 bits per heavy atom. The summed E-state index contributed by atoms with van der Waals surface area (Å²) in [6.45, 7) is 1.69. The summed E-state index contributed by atoms with van der Waals surface area (Å²) in [7, 11) is 0. The molecule has 0 amide bonds. The van der Waals surface area contributed by atoms with Gasteiger partial charge in [-0.05, 0) is 60.7 Å². The van der Waals surface area contributed by atoms with Crippen molar-refractivity contribution in [2.24, 2.45) is 5.92 Å². The number of H-pyrrole nitrogens is 2. The van der Waals surface area contributed by atoms with Gasteiger partial charge in [0.1, 0.15) is 17.0 Å². The standard InChI is InChI=1S/C29H26FN9/c30-24-22(20-11-18(14-33-15-20)13-32-12-17-3-1-2-4-17)16-35-27-23(24)26(38-39-27)29-36-25-21(7-10-34-28(25)37-29)19-5-8-31-9-6-19/h5-11,14-17,32H,1-4,12-13H2,(H,34,36,37)(H,35,38,39). The van der Waals surface area contributed by atoms with Crippen LogP contribution >= 0.6 is 0 Å². The summed E-state index contributed by atoms with van der Waals surface area (Å²) in [5.74, 6) is 0.731. The van der Waals surface area contributed by atoms with Gasteiger partial charge in [-0.25, -0.2) is 19.3 Å². The molecule has 0 atom stereocenters. The number of halogens is 1. The Morgan fingerprint density at radius 1 is 0.897 bits per heavy atom. The molecule has 1 aliphatic rings. The Hall–Kier alpha value is -4.57. The lowest BCUT2D eigenvalue weighted by Crippen LogP contribution is -2.20. The third-order valence-corrected chi connectivity index (χ3v) is 7.47. The first-order valence-electron chi connectivity index (χ1n) is 13.2. The maximum atomic E-state index is 16.1. The zero-order valence-electron chi connectivity index (χ0n) is 21.2. The largest absolute Gasteiger partial charge is 0.321 e. The average Bonchev–Trinajstić information content (AvgIpc) is 3.73. The third kappa shape index (κ3) is 4.42. The van der Waals surface area contributed by atoms with Crippen molar-refractivity contribution in [1.29, 1.82) is 0 Å². The number of nitrogens with one attached hydrogen (secondary N) is 3. The van der Waals surface area contributed by atoms with E-state index in [1.807, 2.05) is 30.5 Å². The number of rotatable bonds is 7. The highest BCUT2D eigenvalue weighted by atomic mass is 19.1. The van der Waals surface area contributed by atoms with Crippen LogP contribution < -0.4 is 5.32 Å². The molecule has 0 aromatic carbocycles. The normalized spacial score (nSPS) is 14.1. The van der Waals surface area contributed by atoms with Crippen molar-refractivity contribution in [3.8, 4) is 33.8 Å². The van der Waals surface area contributed by atoms with E-state index in [0.29, 0.717) is 46.0 Å². The smallest absolute Gasteiger partial charge is 0.161 e. The molecule has 6 aromatic rings. The van der Waals surface area contributed by atoms with Gasteiger partial charge in [0.05, 0.1) is 5.39 Å². The van der Waals surface area contributed by atoms with E-state index in [9.17, 15) is 0 Å². The van der Waals surface area contributed by atoms with Gasteiger partial charge in [0.2, 0.25) is 0 Å². The van der Waals surface area contributed by atoms with Crippen molar-refractivity contribution in [1.82, 2.24) is 45.4 Å². The van der Waals surface area contributed by atoms with Gasteiger partial charge in [0, 0.05) is 60.4 Å². The minimum atomic E-state index is -0.426. The quantitative estimate of drug-likeness (QED) is 0.257. The fraction of sp³-hybridized carbons (Fsp3) is 0.241. The Labute approximate surface area is 223 Å². The van der Waals surface area contributed by atoms with Gasteiger partial charge in [0.15, 0.2) is 17.1 Å². The average molecular weight is 520 g/mol. The van der Waals surface area contributed by atoms with Gasteiger partial charge in [-0.2, -0.15) is 5.10 Å². The number of fused-ring (bicyclic) bond motifs is 2. The van der Waals surface area contributed by atoms with Crippen LogP contribution in [0.5, 0.6) is 0 Å². The molecule has 10 heteroatoms. The maximum absolute atomic E-state index is 16.1. The number of imidazole rings is 1. The first kappa shape index (κ1) is 23.5. The van der Waals surface area contributed by atoms with Crippen LogP contribution in [0.25, 0.3) is 56.0 Å². The fourth-order valence-corrected chi connectivity index (χ4v) is 5.48. The molecule has 0 aliphatic heterocycles. The molecule has 194 valence electrons. The molecule has 6 heterocycles. The minimum absolute atomic E-state index is 0.266. The number of hydrogen-bond acceptors (Lipinski definition) is 7. The molecule has 0 saturated heterocycles. The van der Waals surface area contributed by atoms with E-state index in [-0.39, 0.29) is 5.39 Å². The van der Waals surface area contributed by atoms with E-state index >= 15 is 4.39 Å². The van der Waals surface area contributed by atoms with Crippen LogP contribution in [-0.4, -0.2) is 46.6 Å². The van der Waals surface area contributed by atoms with Crippen molar-refractivity contribution in [2.45, 2.75) is 32.2 Å². The lowest BCUT2D eigenvalue weighted by Gasteiger charge is -2.11. The summed E-state index contributed by atoms with van der Waals surface area (Å²) in [5, 5.41) is 11.0. The van der Waals surface area contributed by atoms with Crippen LogP contribution in [0.1, 0.15) is 31.2 Å². The molecule has 3 N–H and O–H groups in total. The maximum Gasteiger partial charge on any atom is 0.161 e. The van der Waals surface area contributed by atoms with Crippen LogP contribution in [0, 0.1) is 11.7 Å². The second kappa shape index (κ2) is 9.95. The van der Waals surface area contributed by atoms with Crippen molar-refractivity contribution < 1.29 is 4.39 Å². The van der Waals surface area contributed by atoms with E-state index in [4.69, 9.17) is 4.98 Å². The first-order chi connectivity index (χ1) is 19.2. The Morgan fingerprint density at radius 3 is 2.64 bits per heavy atom. The highest BCUT2D eigenvalue weighted by Crippen LogP contribution is 2.34. The predicted molar refractivity (Wildman–Crippen MR) is 147 cm³/mol. The van der Waals surface area contributed by atoms with Crippen molar-refractivity contribution in [2.75, 3.05) is 6.54 Å². The van der Waals surface area contributed by atoms with Crippen molar-refractivity contribution in [3.05, 3.63) is 72.8 Å². The van der Waals surface area contributed by atoms with E-state index < -0.39 is 5.82 Å². The van der Waals surface area contributed by atoms with E-state index in [2.05, 4.69) is 40.4 Å². The van der Waals surface area contributed by atoms with Gasteiger partial charge in [-0.3, -0.25) is 15.1 Å². The Balaban J connectivity index is 1.24. The minimum Gasteiger partial charge on any atom is -0.321 e. The van der Waals surface area contributed by atoms with E-state index in [1.165, 1.54) is 31.9 Å². The number of aromatic nitrogens is 8. The molecule has 1 fully saturated rings. The van der Waals surface area contributed by atoms with Crippen LogP contribution in [0.2, 0.25) is 0 Å². The molecule has 6 aromatic heterocycles. The van der Waals surface area contributed by atoms with Crippen LogP contribution in [0.4, 0.5) is 4.39 Å². The van der Waals surface area contributed by atoms with Gasteiger partial charge in [0.25, 0.3) is 0 Å². The summed E-state index contributed by atoms with van der Waals surface area (Å²) in [4.78, 5) is 25.3.